The average molecular weight is 349 g/mol. The Kier molecular flexibility index (Phi) is 6.08. The van der Waals surface area contributed by atoms with Crippen molar-refractivity contribution in [2.75, 3.05) is 19.6 Å². The van der Waals surface area contributed by atoms with Gasteiger partial charge in [0.2, 0.25) is 0 Å². The van der Waals surface area contributed by atoms with Crippen molar-refractivity contribution in [2.45, 2.75) is 32.7 Å². The number of benzene rings is 1. The number of hydrogen-bond acceptors (Lipinski definition) is 3. The highest BCUT2D eigenvalue weighted by molar-refractivity contribution is 5.92. The summed E-state index contributed by atoms with van der Waals surface area (Å²) in [6.07, 6.45) is 0. The van der Waals surface area contributed by atoms with Gasteiger partial charge < -0.3 is 14.6 Å². The van der Waals surface area contributed by atoms with Crippen LogP contribution in [0.5, 0.6) is 0 Å². The first-order valence-corrected chi connectivity index (χ1v) is 8.27. The first-order valence-electron chi connectivity index (χ1n) is 8.27. The van der Waals surface area contributed by atoms with Gasteiger partial charge in [0.1, 0.15) is 5.76 Å². The second-order valence-electron chi connectivity index (χ2n) is 6.55. The van der Waals surface area contributed by atoms with Gasteiger partial charge in [-0.15, -0.1) is 12.4 Å². The van der Waals surface area contributed by atoms with E-state index in [9.17, 15) is 4.79 Å². The Labute approximate surface area is 149 Å². The lowest BCUT2D eigenvalue weighted by atomic mass is 10.0. The summed E-state index contributed by atoms with van der Waals surface area (Å²) in [5.41, 5.74) is 2.28. The number of amides is 1. The second-order valence-corrected chi connectivity index (χ2v) is 6.55. The summed E-state index contributed by atoms with van der Waals surface area (Å²) in [5.74, 6) is 1.61. The van der Waals surface area contributed by atoms with E-state index in [0.29, 0.717) is 17.7 Å². The summed E-state index contributed by atoms with van der Waals surface area (Å²) in [4.78, 5) is 14.4. The van der Waals surface area contributed by atoms with Crippen molar-refractivity contribution in [1.29, 1.82) is 0 Å². The molecule has 24 heavy (non-hydrogen) atoms. The van der Waals surface area contributed by atoms with Gasteiger partial charge in [-0.25, -0.2) is 0 Å². The van der Waals surface area contributed by atoms with E-state index < -0.39 is 0 Å². The van der Waals surface area contributed by atoms with Gasteiger partial charge in [-0.05, 0) is 36.6 Å². The Bertz CT molecular complexity index is 696. The highest BCUT2D eigenvalue weighted by Crippen LogP contribution is 2.26. The van der Waals surface area contributed by atoms with Crippen molar-refractivity contribution in [3.63, 3.8) is 0 Å². The van der Waals surface area contributed by atoms with Gasteiger partial charge in [0.05, 0.1) is 0 Å². The summed E-state index contributed by atoms with van der Waals surface area (Å²) in [6.45, 7) is 8.70. The summed E-state index contributed by atoms with van der Waals surface area (Å²) < 4.78 is 5.84. The first kappa shape index (κ1) is 18.6. The molecule has 2 heterocycles. The lowest BCUT2D eigenvalue weighted by molar-refractivity contribution is 0.0678. The van der Waals surface area contributed by atoms with Crippen molar-refractivity contribution in [3.8, 4) is 11.3 Å². The SMILES string of the molecule is CC(C)c1cccc(-c2ccc(C(=O)N3CCN[C@H](C)C3)o2)c1.Cl. The van der Waals surface area contributed by atoms with Crippen LogP contribution in [-0.4, -0.2) is 36.5 Å². The maximum absolute atomic E-state index is 12.6. The van der Waals surface area contributed by atoms with Crippen LogP contribution in [-0.2, 0) is 0 Å². The Balaban J connectivity index is 0.00000208. The molecule has 0 unspecified atom stereocenters. The molecule has 0 aliphatic carbocycles. The van der Waals surface area contributed by atoms with Crippen molar-refractivity contribution >= 4 is 18.3 Å². The molecule has 2 aromatic rings. The molecule has 0 spiro atoms. The number of carbonyl (C=O) groups excluding carboxylic acids is 1. The fourth-order valence-electron chi connectivity index (χ4n) is 2.93. The molecule has 1 aromatic carbocycles. The largest absolute Gasteiger partial charge is 0.451 e. The molecule has 0 radical (unpaired) electrons. The molecular formula is C19H25ClN2O2. The van der Waals surface area contributed by atoms with Crippen LogP contribution in [0.2, 0.25) is 0 Å². The van der Waals surface area contributed by atoms with Crippen LogP contribution in [0.4, 0.5) is 0 Å². The summed E-state index contributed by atoms with van der Waals surface area (Å²) >= 11 is 0. The normalized spacial score (nSPS) is 17.7. The van der Waals surface area contributed by atoms with E-state index >= 15 is 0 Å². The van der Waals surface area contributed by atoms with Crippen molar-refractivity contribution in [1.82, 2.24) is 10.2 Å². The molecule has 1 N–H and O–H groups in total. The van der Waals surface area contributed by atoms with E-state index in [1.807, 2.05) is 23.1 Å². The number of nitrogens with one attached hydrogen (secondary N) is 1. The summed E-state index contributed by atoms with van der Waals surface area (Å²) in [5, 5.41) is 3.34. The number of furan rings is 1. The van der Waals surface area contributed by atoms with Gasteiger partial charge in [-0.3, -0.25) is 4.79 Å². The van der Waals surface area contributed by atoms with Crippen LogP contribution in [0.1, 0.15) is 42.8 Å². The predicted octanol–water partition coefficient (Wildman–Crippen LogP) is 3.93. The van der Waals surface area contributed by atoms with E-state index in [-0.39, 0.29) is 18.3 Å². The highest BCUT2D eigenvalue weighted by Gasteiger charge is 2.24. The molecule has 1 atom stereocenters. The molecule has 1 fully saturated rings. The molecule has 1 aliphatic heterocycles. The maximum atomic E-state index is 12.6. The maximum Gasteiger partial charge on any atom is 0.289 e. The van der Waals surface area contributed by atoms with Crippen LogP contribution < -0.4 is 5.32 Å². The molecule has 0 saturated carbocycles. The van der Waals surface area contributed by atoms with Crippen LogP contribution >= 0.6 is 12.4 Å². The number of piperazine rings is 1. The molecule has 0 bridgehead atoms. The van der Waals surface area contributed by atoms with E-state index in [0.717, 1.165) is 31.0 Å². The molecule has 5 heteroatoms. The van der Waals surface area contributed by atoms with Gasteiger partial charge in [-0.2, -0.15) is 0 Å². The Hall–Kier alpha value is -1.78. The second kappa shape index (κ2) is 7.86. The van der Waals surface area contributed by atoms with Crippen molar-refractivity contribution in [3.05, 3.63) is 47.7 Å². The molecule has 1 aromatic heterocycles. The van der Waals surface area contributed by atoms with Gasteiger partial charge in [-0.1, -0.05) is 32.0 Å². The lowest BCUT2D eigenvalue weighted by Gasteiger charge is -2.31. The smallest absolute Gasteiger partial charge is 0.289 e. The lowest BCUT2D eigenvalue weighted by Crippen LogP contribution is -2.51. The molecule has 3 rings (SSSR count). The minimum atomic E-state index is -0.0235. The summed E-state index contributed by atoms with van der Waals surface area (Å²) in [7, 11) is 0. The molecule has 1 amide bonds. The van der Waals surface area contributed by atoms with Gasteiger partial charge in [0.25, 0.3) is 5.91 Å². The van der Waals surface area contributed by atoms with Crippen LogP contribution in [0, 0.1) is 0 Å². The molecule has 1 saturated heterocycles. The molecule has 1 aliphatic rings. The fourth-order valence-corrected chi connectivity index (χ4v) is 2.93. The fraction of sp³-hybridized carbons (Fsp3) is 0.421. The molecular weight excluding hydrogens is 324 g/mol. The first-order chi connectivity index (χ1) is 11.0. The minimum Gasteiger partial charge on any atom is -0.451 e. The number of hydrogen-bond donors (Lipinski definition) is 1. The number of nitrogens with zero attached hydrogens (tertiary/aromatic N) is 1. The van der Waals surface area contributed by atoms with Gasteiger partial charge in [0.15, 0.2) is 5.76 Å². The zero-order valence-corrected chi connectivity index (χ0v) is 15.2. The Morgan fingerprint density at radius 1 is 1.29 bits per heavy atom. The van der Waals surface area contributed by atoms with Crippen LogP contribution in [0.3, 0.4) is 0 Å². The van der Waals surface area contributed by atoms with Crippen molar-refractivity contribution < 1.29 is 9.21 Å². The third kappa shape index (κ3) is 4.00. The minimum absolute atomic E-state index is 0. The van der Waals surface area contributed by atoms with E-state index in [4.69, 9.17) is 4.42 Å². The Morgan fingerprint density at radius 2 is 2.08 bits per heavy atom. The Morgan fingerprint density at radius 3 is 2.79 bits per heavy atom. The number of carbonyl (C=O) groups is 1. The molecule has 4 nitrogen and oxygen atoms in total. The van der Waals surface area contributed by atoms with E-state index in [1.165, 1.54) is 5.56 Å². The third-order valence-corrected chi connectivity index (χ3v) is 4.31. The van der Waals surface area contributed by atoms with Crippen LogP contribution in [0.25, 0.3) is 11.3 Å². The third-order valence-electron chi connectivity index (χ3n) is 4.31. The topological polar surface area (TPSA) is 45.5 Å². The predicted molar refractivity (Wildman–Crippen MR) is 98.8 cm³/mol. The van der Waals surface area contributed by atoms with Crippen molar-refractivity contribution in [2.24, 2.45) is 0 Å². The number of halogens is 1. The molecule has 130 valence electrons. The standard InChI is InChI=1S/C19H24N2O2.ClH/c1-13(2)15-5-4-6-16(11-15)17-7-8-18(23-17)19(22)21-10-9-20-14(3)12-21;/h4-8,11,13-14,20H,9-10,12H2,1-3H3;1H/t14-;/m1./s1. The zero-order chi connectivity index (χ0) is 16.4. The van der Waals surface area contributed by atoms with Gasteiger partial charge in [0, 0.05) is 31.2 Å². The van der Waals surface area contributed by atoms with E-state index in [1.54, 1.807) is 6.07 Å². The average Bonchev–Trinajstić information content (AvgIpc) is 3.04. The highest BCUT2D eigenvalue weighted by atomic mass is 35.5. The van der Waals surface area contributed by atoms with Gasteiger partial charge >= 0.3 is 0 Å². The zero-order valence-electron chi connectivity index (χ0n) is 14.4. The number of rotatable bonds is 3. The quantitative estimate of drug-likeness (QED) is 0.914. The summed E-state index contributed by atoms with van der Waals surface area (Å²) in [6, 6.07) is 12.3. The van der Waals surface area contributed by atoms with Crippen LogP contribution in [0.15, 0.2) is 40.8 Å². The van der Waals surface area contributed by atoms with E-state index in [2.05, 4.69) is 38.2 Å². The monoisotopic (exact) mass is 348 g/mol.